The molecule has 0 atom stereocenters. The smallest absolute Gasteiger partial charge is 0.226 e. The molecule has 1 amide bonds. The van der Waals surface area contributed by atoms with Gasteiger partial charge in [0.2, 0.25) is 5.91 Å². The highest BCUT2D eigenvalue weighted by Gasteiger charge is 2.36. The molecular formula is C18H31NO. The molecule has 0 heterocycles. The monoisotopic (exact) mass is 277 g/mol. The van der Waals surface area contributed by atoms with Gasteiger partial charge in [0.15, 0.2) is 0 Å². The Hall–Kier alpha value is -0.530. The van der Waals surface area contributed by atoms with Gasteiger partial charge in [0, 0.05) is 18.0 Å². The van der Waals surface area contributed by atoms with E-state index < -0.39 is 0 Å². The summed E-state index contributed by atoms with van der Waals surface area (Å²) in [6, 6.07) is 1.17. The van der Waals surface area contributed by atoms with Crippen molar-refractivity contribution < 1.29 is 4.79 Å². The van der Waals surface area contributed by atoms with Crippen molar-refractivity contribution in [2.75, 3.05) is 0 Å². The van der Waals surface area contributed by atoms with E-state index in [9.17, 15) is 4.79 Å². The van der Waals surface area contributed by atoms with Crippen LogP contribution in [-0.4, -0.2) is 22.9 Å². The summed E-state index contributed by atoms with van der Waals surface area (Å²) >= 11 is 0. The summed E-state index contributed by atoms with van der Waals surface area (Å²) in [6.07, 6.45) is 18.1. The fourth-order valence-corrected chi connectivity index (χ4v) is 4.76. The second-order valence-electron chi connectivity index (χ2n) is 7.31. The number of nitrogens with zero attached hydrogens (tertiary/aromatic N) is 1. The first-order valence-electron chi connectivity index (χ1n) is 9.18. The van der Waals surface area contributed by atoms with E-state index in [1.807, 2.05) is 0 Å². The van der Waals surface area contributed by atoms with Crippen molar-refractivity contribution in [1.29, 1.82) is 0 Å². The van der Waals surface area contributed by atoms with E-state index in [4.69, 9.17) is 0 Å². The van der Waals surface area contributed by atoms with E-state index in [1.54, 1.807) is 0 Å². The van der Waals surface area contributed by atoms with Crippen LogP contribution in [0, 0.1) is 5.92 Å². The van der Waals surface area contributed by atoms with Crippen LogP contribution in [0.15, 0.2) is 0 Å². The summed E-state index contributed by atoms with van der Waals surface area (Å²) in [6.45, 7) is 0. The summed E-state index contributed by atoms with van der Waals surface area (Å²) < 4.78 is 0. The lowest BCUT2D eigenvalue weighted by molar-refractivity contribution is -0.142. The maximum Gasteiger partial charge on any atom is 0.226 e. The highest BCUT2D eigenvalue weighted by atomic mass is 16.2. The summed E-state index contributed by atoms with van der Waals surface area (Å²) in [5.41, 5.74) is 0. The third-order valence-electron chi connectivity index (χ3n) is 5.90. The van der Waals surface area contributed by atoms with Gasteiger partial charge in [0.1, 0.15) is 0 Å². The molecule has 0 unspecified atom stereocenters. The molecule has 3 rings (SSSR count). The molecule has 3 fully saturated rings. The van der Waals surface area contributed by atoms with Crippen LogP contribution in [0.5, 0.6) is 0 Å². The topological polar surface area (TPSA) is 20.3 Å². The third kappa shape index (κ3) is 3.20. The quantitative estimate of drug-likeness (QED) is 0.734. The number of carbonyl (C=O) groups is 1. The predicted octanol–water partition coefficient (Wildman–Crippen LogP) is 4.67. The van der Waals surface area contributed by atoms with Crippen LogP contribution >= 0.6 is 0 Å². The molecule has 3 aliphatic rings. The second-order valence-corrected chi connectivity index (χ2v) is 7.31. The molecule has 114 valence electrons. The minimum Gasteiger partial charge on any atom is -0.336 e. The molecule has 0 aliphatic heterocycles. The zero-order valence-electron chi connectivity index (χ0n) is 13.0. The van der Waals surface area contributed by atoms with Gasteiger partial charge in [0.25, 0.3) is 0 Å². The number of hydrogen-bond acceptors (Lipinski definition) is 1. The molecule has 2 heteroatoms. The second kappa shape index (κ2) is 6.95. The van der Waals surface area contributed by atoms with Crippen molar-refractivity contribution in [2.24, 2.45) is 5.92 Å². The van der Waals surface area contributed by atoms with E-state index in [0.717, 1.165) is 12.8 Å². The molecule has 0 aromatic rings. The van der Waals surface area contributed by atoms with Gasteiger partial charge in [-0.2, -0.15) is 0 Å². The summed E-state index contributed by atoms with van der Waals surface area (Å²) in [5, 5.41) is 0. The lowest BCUT2D eigenvalue weighted by atomic mass is 9.87. The zero-order chi connectivity index (χ0) is 13.8. The molecule has 20 heavy (non-hydrogen) atoms. The molecule has 0 aromatic heterocycles. The largest absolute Gasteiger partial charge is 0.336 e. The Balaban J connectivity index is 1.72. The van der Waals surface area contributed by atoms with Gasteiger partial charge in [-0.3, -0.25) is 4.79 Å². The number of hydrogen-bond donors (Lipinski definition) is 0. The first-order valence-corrected chi connectivity index (χ1v) is 9.18. The van der Waals surface area contributed by atoms with Crippen molar-refractivity contribution in [1.82, 2.24) is 4.90 Å². The van der Waals surface area contributed by atoms with Crippen molar-refractivity contribution in [3.63, 3.8) is 0 Å². The summed E-state index contributed by atoms with van der Waals surface area (Å²) in [5.74, 6) is 0.917. The molecular weight excluding hydrogens is 246 g/mol. The molecule has 0 saturated heterocycles. The van der Waals surface area contributed by atoms with Gasteiger partial charge in [-0.1, -0.05) is 51.4 Å². The molecule has 0 spiro atoms. The van der Waals surface area contributed by atoms with E-state index >= 15 is 0 Å². The minimum atomic E-state index is 0.374. The average molecular weight is 277 g/mol. The Morgan fingerprint density at radius 3 is 1.45 bits per heavy atom. The Bertz CT molecular complexity index is 291. The van der Waals surface area contributed by atoms with Gasteiger partial charge in [-0.25, -0.2) is 0 Å². The predicted molar refractivity (Wildman–Crippen MR) is 82.6 cm³/mol. The highest BCUT2D eigenvalue weighted by Crippen LogP contribution is 2.34. The summed E-state index contributed by atoms with van der Waals surface area (Å²) in [7, 11) is 0. The number of carbonyl (C=O) groups excluding carboxylic acids is 1. The van der Waals surface area contributed by atoms with Crippen LogP contribution in [0.4, 0.5) is 0 Å². The fourth-order valence-electron chi connectivity index (χ4n) is 4.76. The van der Waals surface area contributed by atoms with Crippen molar-refractivity contribution in [3.8, 4) is 0 Å². The Labute approximate surface area is 124 Å². The van der Waals surface area contributed by atoms with E-state index in [2.05, 4.69) is 4.90 Å². The fraction of sp³-hybridized carbons (Fsp3) is 0.944. The average Bonchev–Trinajstić information content (AvgIpc) is 3.04. The van der Waals surface area contributed by atoms with Gasteiger partial charge in [-0.15, -0.1) is 0 Å². The molecule has 0 bridgehead atoms. The van der Waals surface area contributed by atoms with Crippen molar-refractivity contribution >= 4 is 5.91 Å². The third-order valence-corrected chi connectivity index (χ3v) is 5.90. The molecule has 0 radical (unpaired) electrons. The van der Waals surface area contributed by atoms with Crippen LogP contribution in [0.25, 0.3) is 0 Å². The van der Waals surface area contributed by atoms with Crippen LogP contribution in [0.1, 0.15) is 89.9 Å². The van der Waals surface area contributed by atoms with Crippen molar-refractivity contribution in [2.45, 2.75) is 102 Å². The molecule has 0 N–H and O–H groups in total. The Morgan fingerprint density at radius 1 is 0.600 bits per heavy atom. The summed E-state index contributed by atoms with van der Waals surface area (Å²) in [4.78, 5) is 15.5. The Kier molecular flexibility index (Phi) is 5.01. The van der Waals surface area contributed by atoms with Crippen molar-refractivity contribution in [3.05, 3.63) is 0 Å². The first kappa shape index (κ1) is 14.4. The lowest BCUT2D eigenvalue weighted by Crippen LogP contribution is -2.50. The van der Waals surface area contributed by atoms with Gasteiger partial charge >= 0.3 is 0 Å². The van der Waals surface area contributed by atoms with Gasteiger partial charge in [-0.05, 0) is 38.5 Å². The van der Waals surface area contributed by atoms with Crippen LogP contribution < -0.4 is 0 Å². The van der Waals surface area contributed by atoms with E-state index in [-0.39, 0.29) is 0 Å². The highest BCUT2D eigenvalue weighted by molar-refractivity contribution is 5.79. The van der Waals surface area contributed by atoms with Crippen LogP contribution in [0.3, 0.4) is 0 Å². The molecule has 3 saturated carbocycles. The van der Waals surface area contributed by atoms with Gasteiger partial charge < -0.3 is 4.90 Å². The molecule has 0 aromatic carbocycles. The van der Waals surface area contributed by atoms with Gasteiger partial charge in [0.05, 0.1) is 0 Å². The van der Waals surface area contributed by atoms with Crippen LogP contribution in [0.2, 0.25) is 0 Å². The lowest BCUT2D eigenvalue weighted by Gasteiger charge is -2.43. The standard InChI is InChI=1S/C18H31NO/c20-18(15-9-7-8-10-15)19(16-11-3-1-4-12-16)17-13-5-2-6-14-17/h15-17H,1-14H2. The molecule has 3 aliphatic carbocycles. The number of rotatable bonds is 3. The normalized spacial score (nSPS) is 26.8. The van der Waals surface area contributed by atoms with E-state index in [0.29, 0.717) is 23.9 Å². The maximum atomic E-state index is 13.1. The van der Waals surface area contributed by atoms with E-state index in [1.165, 1.54) is 77.0 Å². The zero-order valence-corrected chi connectivity index (χ0v) is 13.0. The number of amides is 1. The van der Waals surface area contributed by atoms with Crippen LogP contribution in [-0.2, 0) is 4.79 Å². The maximum absolute atomic E-state index is 13.1. The SMILES string of the molecule is O=C(C1CCCC1)N(C1CCCCC1)C1CCCCC1. The molecule has 2 nitrogen and oxygen atoms in total. The Morgan fingerprint density at radius 2 is 1.00 bits per heavy atom. The first-order chi connectivity index (χ1) is 9.86. The minimum absolute atomic E-state index is 0.374.